The molecule has 1 rings (SSSR count). The Kier molecular flexibility index (Phi) is 3.62. The van der Waals surface area contributed by atoms with Crippen molar-refractivity contribution >= 4 is 5.97 Å². The third-order valence-electron chi connectivity index (χ3n) is 2.09. The van der Waals surface area contributed by atoms with Crippen molar-refractivity contribution in [2.45, 2.75) is 39.7 Å². The van der Waals surface area contributed by atoms with Gasteiger partial charge in [0.2, 0.25) is 0 Å². The lowest BCUT2D eigenvalue weighted by Gasteiger charge is -1.99. The summed E-state index contributed by atoms with van der Waals surface area (Å²) in [6.45, 7) is 4.83. The van der Waals surface area contributed by atoms with Crippen LogP contribution in [0, 0.1) is 6.92 Å². The molecule has 78 valence electrons. The van der Waals surface area contributed by atoms with Crippen LogP contribution in [-0.4, -0.2) is 26.1 Å². The molecule has 0 aromatic carbocycles. The van der Waals surface area contributed by atoms with Crippen molar-refractivity contribution in [1.29, 1.82) is 0 Å². The molecule has 0 unspecified atom stereocenters. The summed E-state index contributed by atoms with van der Waals surface area (Å²) in [6.07, 6.45) is 1.58. The van der Waals surface area contributed by atoms with Crippen LogP contribution in [0.3, 0.4) is 0 Å². The molecule has 5 heteroatoms. The molecule has 1 aromatic rings. The standard InChI is InChI=1S/C9H15N3O2/c1-3-6-12-7(2)8(10-11-12)4-5-9(13)14/h3-6H2,1-2H3,(H,13,14). The van der Waals surface area contributed by atoms with Gasteiger partial charge in [0.25, 0.3) is 0 Å². The third-order valence-corrected chi connectivity index (χ3v) is 2.09. The summed E-state index contributed by atoms with van der Waals surface area (Å²) in [5, 5.41) is 16.4. The number of carboxylic acid groups (broad SMARTS) is 1. The molecule has 0 spiro atoms. The van der Waals surface area contributed by atoms with E-state index >= 15 is 0 Å². The van der Waals surface area contributed by atoms with Crippen LogP contribution in [0.1, 0.15) is 31.2 Å². The van der Waals surface area contributed by atoms with E-state index in [1.54, 1.807) is 0 Å². The molecule has 14 heavy (non-hydrogen) atoms. The van der Waals surface area contributed by atoms with Crippen LogP contribution in [0.5, 0.6) is 0 Å². The first kappa shape index (κ1) is 10.7. The maximum atomic E-state index is 10.4. The summed E-state index contributed by atoms with van der Waals surface area (Å²) in [7, 11) is 0. The largest absolute Gasteiger partial charge is 0.481 e. The normalized spacial score (nSPS) is 10.4. The minimum absolute atomic E-state index is 0.117. The van der Waals surface area contributed by atoms with Gasteiger partial charge in [-0.25, -0.2) is 4.68 Å². The minimum atomic E-state index is -0.797. The number of hydrogen-bond donors (Lipinski definition) is 1. The molecule has 0 fully saturated rings. The highest BCUT2D eigenvalue weighted by atomic mass is 16.4. The summed E-state index contributed by atoms with van der Waals surface area (Å²) >= 11 is 0. The van der Waals surface area contributed by atoms with Crippen LogP contribution < -0.4 is 0 Å². The number of aryl methyl sites for hydroxylation is 2. The van der Waals surface area contributed by atoms with Crippen molar-refractivity contribution in [1.82, 2.24) is 15.0 Å². The van der Waals surface area contributed by atoms with Crippen molar-refractivity contribution in [2.24, 2.45) is 0 Å². The second kappa shape index (κ2) is 4.74. The maximum Gasteiger partial charge on any atom is 0.303 e. The number of nitrogens with zero attached hydrogens (tertiary/aromatic N) is 3. The van der Waals surface area contributed by atoms with E-state index in [0.717, 1.165) is 24.4 Å². The fourth-order valence-electron chi connectivity index (χ4n) is 1.28. The lowest BCUT2D eigenvalue weighted by molar-refractivity contribution is -0.136. The van der Waals surface area contributed by atoms with E-state index in [4.69, 9.17) is 5.11 Å². The monoisotopic (exact) mass is 197 g/mol. The number of aromatic nitrogens is 3. The van der Waals surface area contributed by atoms with Crippen molar-refractivity contribution < 1.29 is 9.90 Å². The van der Waals surface area contributed by atoms with E-state index < -0.39 is 5.97 Å². The molecule has 5 nitrogen and oxygen atoms in total. The van der Waals surface area contributed by atoms with E-state index in [9.17, 15) is 4.79 Å². The lowest BCUT2D eigenvalue weighted by Crippen LogP contribution is -2.02. The van der Waals surface area contributed by atoms with E-state index in [1.165, 1.54) is 0 Å². The summed E-state index contributed by atoms with van der Waals surface area (Å²) in [4.78, 5) is 10.4. The van der Waals surface area contributed by atoms with Crippen LogP contribution in [0.2, 0.25) is 0 Å². The van der Waals surface area contributed by atoms with Gasteiger partial charge < -0.3 is 5.11 Å². The van der Waals surface area contributed by atoms with E-state index in [-0.39, 0.29) is 6.42 Å². The average Bonchev–Trinajstić information content (AvgIpc) is 2.46. The number of aliphatic carboxylic acids is 1. The van der Waals surface area contributed by atoms with Gasteiger partial charge in [-0.3, -0.25) is 4.79 Å². The summed E-state index contributed by atoms with van der Waals surface area (Å²) < 4.78 is 1.82. The Morgan fingerprint density at radius 1 is 1.57 bits per heavy atom. The van der Waals surface area contributed by atoms with Crippen LogP contribution in [0.25, 0.3) is 0 Å². The third kappa shape index (κ3) is 2.55. The van der Waals surface area contributed by atoms with Crippen molar-refractivity contribution in [3.8, 4) is 0 Å². The highest BCUT2D eigenvalue weighted by Gasteiger charge is 2.08. The smallest absolute Gasteiger partial charge is 0.303 e. The average molecular weight is 197 g/mol. The molecule has 1 N–H and O–H groups in total. The zero-order chi connectivity index (χ0) is 10.6. The van der Waals surface area contributed by atoms with Crippen LogP contribution in [0.4, 0.5) is 0 Å². The molecule has 0 aliphatic rings. The first-order valence-electron chi connectivity index (χ1n) is 4.76. The van der Waals surface area contributed by atoms with Gasteiger partial charge in [-0.15, -0.1) is 5.10 Å². The van der Waals surface area contributed by atoms with Crippen LogP contribution in [-0.2, 0) is 17.8 Å². The van der Waals surface area contributed by atoms with E-state index in [0.29, 0.717) is 6.42 Å². The van der Waals surface area contributed by atoms with Gasteiger partial charge in [0.1, 0.15) is 0 Å². The van der Waals surface area contributed by atoms with Gasteiger partial charge in [-0.05, 0) is 13.3 Å². The molecule has 0 radical (unpaired) electrons. The maximum absolute atomic E-state index is 10.4. The lowest BCUT2D eigenvalue weighted by atomic mass is 10.2. The fourth-order valence-corrected chi connectivity index (χ4v) is 1.28. The second-order valence-corrected chi connectivity index (χ2v) is 3.24. The molecular formula is C9H15N3O2. The van der Waals surface area contributed by atoms with Crippen LogP contribution >= 0.6 is 0 Å². The predicted octanol–water partition coefficient (Wildman–Crippen LogP) is 1.01. The quantitative estimate of drug-likeness (QED) is 0.765. The molecule has 1 heterocycles. The van der Waals surface area contributed by atoms with Gasteiger partial charge in [-0.1, -0.05) is 12.1 Å². The number of carbonyl (C=O) groups is 1. The first-order valence-corrected chi connectivity index (χ1v) is 4.76. The number of rotatable bonds is 5. The summed E-state index contributed by atoms with van der Waals surface area (Å²) in [5.41, 5.74) is 1.77. The van der Waals surface area contributed by atoms with Crippen molar-refractivity contribution in [3.05, 3.63) is 11.4 Å². The Hall–Kier alpha value is -1.39. The number of carboxylic acids is 1. The Morgan fingerprint density at radius 2 is 2.29 bits per heavy atom. The first-order chi connectivity index (χ1) is 6.65. The summed E-state index contributed by atoms with van der Waals surface area (Å²) in [6, 6.07) is 0. The Balaban J connectivity index is 2.64. The van der Waals surface area contributed by atoms with Gasteiger partial charge in [-0.2, -0.15) is 0 Å². The van der Waals surface area contributed by atoms with Gasteiger partial charge in [0.05, 0.1) is 17.8 Å². The molecule has 0 amide bonds. The predicted molar refractivity (Wildman–Crippen MR) is 51.0 cm³/mol. The Bertz CT molecular complexity index is 320. The van der Waals surface area contributed by atoms with Gasteiger partial charge in [0, 0.05) is 13.0 Å². The number of hydrogen-bond acceptors (Lipinski definition) is 3. The van der Waals surface area contributed by atoms with Crippen molar-refractivity contribution in [3.63, 3.8) is 0 Å². The Morgan fingerprint density at radius 3 is 2.86 bits per heavy atom. The molecule has 0 aliphatic heterocycles. The highest BCUT2D eigenvalue weighted by molar-refractivity contribution is 5.66. The van der Waals surface area contributed by atoms with E-state index in [2.05, 4.69) is 17.2 Å². The Labute approximate surface area is 82.7 Å². The highest BCUT2D eigenvalue weighted by Crippen LogP contribution is 2.06. The molecule has 1 aromatic heterocycles. The molecule has 0 saturated carbocycles. The fraction of sp³-hybridized carbons (Fsp3) is 0.667. The van der Waals surface area contributed by atoms with Crippen molar-refractivity contribution in [2.75, 3.05) is 0 Å². The SMILES string of the molecule is CCCn1nnc(CCC(=O)O)c1C. The molecule has 0 saturated heterocycles. The van der Waals surface area contributed by atoms with Gasteiger partial charge in [0.15, 0.2) is 0 Å². The molecular weight excluding hydrogens is 182 g/mol. The zero-order valence-electron chi connectivity index (χ0n) is 8.53. The summed E-state index contributed by atoms with van der Waals surface area (Å²) in [5.74, 6) is -0.797. The minimum Gasteiger partial charge on any atom is -0.481 e. The van der Waals surface area contributed by atoms with Gasteiger partial charge >= 0.3 is 5.97 Å². The van der Waals surface area contributed by atoms with E-state index in [1.807, 2.05) is 11.6 Å². The molecule has 0 bridgehead atoms. The van der Waals surface area contributed by atoms with Crippen LogP contribution in [0.15, 0.2) is 0 Å². The second-order valence-electron chi connectivity index (χ2n) is 3.24. The zero-order valence-corrected chi connectivity index (χ0v) is 8.53. The molecule has 0 atom stereocenters. The topological polar surface area (TPSA) is 68.0 Å². The molecule has 0 aliphatic carbocycles.